The zero-order chi connectivity index (χ0) is 52.9. The predicted molar refractivity (Wildman–Crippen MR) is 264 cm³/mol. The van der Waals surface area contributed by atoms with E-state index < -0.39 is 124 Å². The Morgan fingerprint density at radius 3 is 0.931 bits per heavy atom. The minimum Gasteiger partial charge on any atom is -0.484 e. The van der Waals surface area contributed by atoms with Crippen LogP contribution >= 0.6 is 35.3 Å². The minimum absolute atomic E-state index is 0.00154. The van der Waals surface area contributed by atoms with Gasteiger partial charge >= 0.3 is 17.9 Å². The Bertz CT molecular complexity index is 2310. The maximum absolute atomic E-state index is 13.4. The molecule has 6 aliphatic heterocycles. The Balaban J connectivity index is 0.994. The number of benzene rings is 1. The number of fused-ring (bicyclic) bond motifs is 3. The Hall–Kier alpha value is -5.88. The van der Waals surface area contributed by atoms with Crippen LogP contribution in [-0.4, -0.2) is 156 Å². The molecule has 0 aromatic heterocycles. The SMILES string of the molecule is CC1=C(C(=O)OC(C)(C)C)N2C(=O)[C@@H](NC(=O)COc3cc(OCC(=O)N[C@@H]4C(=O)N5C(C(=O)OC(C)(C)C)=C(C)CS[C@H]45)cc(OCC(=O)N[C@@H]4C(=O)N5C(C(=O)OC(C)(C)C)=C(C)CS[C@H]45)c3)[C@H]2SC1. The third kappa shape index (κ3) is 11.8. The van der Waals surface area contributed by atoms with Gasteiger partial charge in [-0.2, -0.15) is 0 Å². The highest BCUT2D eigenvalue weighted by Gasteiger charge is 2.57. The Labute approximate surface area is 429 Å². The first kappa shape index (κ1) is 53.9. The highest BCUT2D eigenvalue weighted by molar-refractivity contribution is 8.00. The van der Waals surface area contributed by atoms with Crippen LogP contribution in [0.1, 0.15) is 83.1 Å². The molecule has 0 saturated carbocycles. The van der Waals surface area contributed by atoms with E-state index in [0.29, 0.717) is 34.0 Å². The molecule has 6 atom stereocenters. The summed E-state index contributed by atoms with van der Waals surface area (Å²) in [7, 11) is 0. The molecule has 6 aliphatic rings. The smallest absolute Gasteiger partial charge is 0.355 e. The van der Waals surface area contributed by atoms with Gasteiger partial charge in [-0.25, -0.2) is 14.4 Å². The number of nitrogens with one attached hydrogen (secondary N) is 3. The van der Waals surface area contributed by atoms with Gasteiger partial charge in [-0.1, -0.05) is 0 Å². The molecule has 0 bridgehead atoms. The van der Waals surface area contributed by atoms with Gasteiger partial charge in [0.1, 0.15) is 85.4 Å². The van der Waals surface area contributed by atoms with Gasteiger partial charge in [0.15, 0.2) is 19.8 Å². The van der Waals surface area contributed by atoms with Gasteiger partial charge in [-0.3, -0.25) is 43.5 Å². The molecule has 6 heterocycles. The van der Waals surface area contributed by atoms with Crippen LogP contribution in [0.15, 0.2) is 52.0 Å². The van der Waals surface area contributed by atoms with E-state index in [4.69, 9.17) is 28.4 Å². The predicted octanol–water partition coefficient (Wildman–Crippen LogP) is 2.87. The van der Waals surface area contributed by atoms with Crippen LogP contribution in [-0.2, 0) is 57.4 Å². The molecular weight excluding hydrogens is 997 g/mol. The first-order chi connectivity index (χ1) is 33.5. The van der Waals surface area contributed by atoms with Crippen molar-refractivity contribution in [2.75, 3.05) is 37.1 Å². The summed E-state index contributed by atoms with van der Waals surface area (Å²) in [5.74, 6) is -4.14. The van der Waals surface area contributed by atoms with Crippen molar-refractivity contribution in [2.45, 2.75) is 134 Å². The molecule has 0 spiro atoms. The summed E-state index contributed by atoms with van der Waals surface area (Å²) in [6, 6.07) is 1.19. The van der Waals surface area contributed by atoms with Crippen molar-refractivity contribution in [3.8, 4) is 17.2 Å². The largest absolute Gasteiger partial charge is 0.484 e. The van der Waals surface area contributed by atoms with Crippen LogP contribution in [0.3, 0.4) is 0 Å². The number of ether oxygens (including phenoxy) is 6. The standard InChI is InChI=1S/C48H60N6O15S3/c1-22-19-70-40-31(37(58)52(40)34(22)43(61)67-46(4,5)6)49-28(55)16-64-25-13-26(65-17-29(56)50-32-38(59)53-35(23(2)20-71-41(32)53)44(62)68-47(7,8)9)15-27(14-25)66-18-30(57)51-33-39(60)54-36(24(3)21-72-42(33)54)45(63)69-48(10,11)12/h13-15,31-33,40-42H,16-21H2,1-12H3,(H,49,55)(H,50,56)(H,51,57)/t31-,32-,33-,40-,41-,42-/m1/s1. The van der Waals surface area contributed by atoms with Gasteiger partial charge in [0.05, 0.1) is 0 Å². The molecular formula is C48H60N6O15S3. The molecule has 3 N–H and O–H groups in total. The molecule has 7 rings (SSSR count). The molecule has 0 unspecified atom stereocenters. The Kier molecular flexibility index (Phi) is 15.4. The number of amides is 6. The fourth-order valence-electron chi connectivity index (χ4n) is 8.15. The van der Waals surface area contributed by atoms with Crippen molar-refractivity contribution >= 4 is 88.6 Å². The van der Waals surface area contributed by atoms with Crippen LogP contribution in [0.2, 0.25) is 0 Å². The second-order valence-corrected chi connectivity index (χ2v) is 24.1. The number of carbonyl (C=O) groups is 9. The first-order valence-corrected chi connectivity index (χ1v) is 26.2. The maximum atomic E-state index is 13.4. The summed E-state index contributed by atoms with van der Waals surface area (Å²) in [6.07, 6.45) is 0. The summed E-state index contributed by atoms with van der Waals surface area (Å²) in [5.41, 5.74) is 0.0663. The van der Waals surface area contributed by atoms with Crippen LogP contribution in [0.5, 0.6) is 17.2 Å². The zero-order valence-corrected chi connectivity index (χ0v) is 44.6. The Morgan fingerprint density at radius 1 is 0.472 bits per heavy atom. The van der Waals surface area contributed by atoms with E-state index in [1.807, 2.05) is 0 Å². The third-order valence-corrected chi connectivity index (χ3v) is 15.4. The van der Waals surface area contributed by atoms with Crippen molar-refractivity contribution in [3.63, 3.8) is 0 Å². The lowest BCUT2D eigenvalue weighted by Crippen LogP contribution is -2.71. The molecule has 3 saturated heterocycles. The fourth-order valence-corrected chi connectivity index (χ4v) is 12.0. The molecule has 0 aliphatic carbocycles. The van der Waals surface area contributed by atoms with E-state index in [2.05, 4.69) is 16.0 Å². The maximum Gasteiger partial charge on any atom is 0.355 e. The van der Waals surface area contributed by atoms with Gasteiger partial charge in [0, 0.05) is 35.5 Å². The molecule has 3 fully saturated rings. The number of rotatable bonds is 15. The third-order valence-electron chi connectivity index (χ3n) is 11.2. The topological polar surface area (TPSA) is 255 Å². The minimum atomic E-state index is -0.960. The van der Waals surface area contributed by atoms with E-state index in [1.165, 1.54) is 68.2 Å². The molecule has 1 aromatic carbocycles. The van der Waals surface area contributed by atoms with Crippen molar-refractivity contribution in [1.29, 1.82) is 0 Å². The number of carbonyl (C=O) groups excluding carboxylic acids is 9. The number of esters is 3. The monoisotopic (exact) mass is 1060 g/mol. The Morgan fingerprint density at radius 2 is 0.708 bits per heavy atom. The van der Waals surface area contributed by atoms with E-state index in [-0.39, 0.29) is 34.3 Å². The van der Waals surface area contributed by atoms with Gasteiger partial charge in [0.2, 0.25) is 0 Å². The van der Waals surface area contributed by atoms with E-state index in [1.54, 1.807) is 83.1 Å². The second-order valence-electron chi connectivity index (χ2n) is 20.8. The fraction of sp³-hybridized carbons (Fsp3) is 0.562. The quantitative estimate of drug-likeness (QED) is 0.130. The van der Waals surface area contributed by atoms with Crippen molar-refractivity contribution < 1.29 is 71.6 Å². The molecule has 1 aromatic rings. The van der Waals surface area contributed by atoms with Crippen LogP contribution < -0.4 is 30.2 Å². The van der Waals surface area contributed by atoms with Gasteiger partial charge in [-0.15, -0.1) is 35.3 Å². The number of hydrogen-bond donors (Lipinski definition) is 3. The molecule has 72 heavy (non-hydrogen) atoms. The lowest BCUT2D eigenvalue weighted by Gasteiger charge is -2.49. The molecule has 0 radical (unpaired) electrons. The molecule has 390 valence electrons. The van der Waals surface area contributed by atoms with Crippen molar-refractivity contribution in [2.24, 2.45) is 0 Å². The second kappa shape index (κ2) is 20.6. The lowest BCUT2D eigenvalue weighted by molar-refractivity contribution is -0.159. The van der Waals surface area contributed by atoms with Crippen LogP contribution in [0.4, 0.5) is 0 Å². The van der Waals surface area contributed by atoms with E-state index >= 15 is 0 Å². The van der Waals surface area contributed by atoms with Crippen LogP contribution in [0, 0.1) is 0 Å². The van der Waals surface area contributed by atoms with Crippen molar-refractivity contribution in [3.05, 3.63) is 52.0 Å². The summed E-state index contributed by atoms with van der Waals surface area (Å²) in [4.78, 5) is 123. The van der Waals surface area contributed by atoms with E-state index in [9.17, 15) is 43.2 Å². The highest BCUT2D eigenvalue weighted by Crippen LogP contribution is 2.43. The van der Waals surface area contributed by atoms with E-state index in [0.717, 1.165) is 0 Å². The summed E-state index contributed by atoms with van der Waals surface area (Å²) in [6.45, 7) is 18.9. The normalized spacial score (nSPS) is 23.8. The average molecular weight is 1060 g/mol. The zero-order valence-electron chi connectivity index (χ0n) is 42.1. The highest BCUT2D eigenvalue weighted by atomic mass is 32.2. The summed E-state index contributed by atoms with van der Waals surface area (Å²) < 4.78 is 34.1. The number of β-lactam (4-membered cyclic amide) rings is 3. The number of hydrogen-bond acceptors (Lipinski definition) is 18. The summed E-state index contributed by atoms with van der Waals surface area (Å²) >= 11 is 4.15. The molecule has 6 amide bonds. The van der Waals surface area contributed by atoms with Crippen molar-refractivity contribution in [1.82, 2.24) is 30.7 Å². The summed E-state index contributed by atoms with van der Waals surface area (Å²) in [5, 5.41) is 6.33. The first-order valence-electron chi connectivity index (χ1n) is 23.1. The molecule has 21 nitrogen and oxygen atoms in total. The van der Waals surface area contributed by atoms with Crippen LogP contribution in [0.25, 0.3) is 0 Å². The van der Waals surface area contributed by atoms with Gasteiger partial charge in [-0.05, 0) is 99.8 Å². The van der Waals surface area contributed by atoms with Gasteiger partial charge in [0.25, 0.3) is 35.4 Å². The van der Waals surface area contributed by atoms with Gasteiger partial charge < -0.3 is 44.4 Å². The molecule has 24 heteroatoms. The lowest BCUT2D eigenvalue weighted by atomic mass is 10.0. The number of nitrogens with zero attached hydrogens (tertiary/aromatic N) is 3. The average Bonchev–Trinajstić information content (AvgIpc) is 3.27. The number of thioether (sulfide) groups is 3.